The summed E-state index contributed by atoms with van der Waals surface area (Å²) < 4.78 is 0. The molecule has 1 heterocycles. The van der Waals surface area contributed by atoms with Crippen LogP contribution in [0.1, 0.15) is 5.56 Å². The van der Waals surface area contributed by atoms with E-state index >= 15 is 0 Å². The number of para-hydroxylation sites is 1. The van der Waals surface area contributed by atoms with Crippen molar-refractivity contribution in [3.63, 3.8) is 0 Å². The van der Waals surface area contributed by atoms with Crippen LogP contribution >= 0.6 is 12.6 Å². The van der Waals surface area contributed by atoms with Gasteiger partial charge in [-0.15, -0.1) is 0 Å². The third-order valence-electron chi connectivity index (χ3n) is 2.15. The number of hydrogen-bond acceptors (Lipinski definition) is 2. The molecular weight excluding hydrogens is 154 g/mol. The highest BCUT2D eigenvalue weighted by molar-refractivity contribution is 7.80. The maximum Gasteiger partial charge on any atom is 0.0610 e. The molecule has 1 aromatic carbocycles. The lowest BCUT2D eigenvalue weighted by Crippen LogP contribution is -2.17. The molecule has 2 heteroatoms. The highest BCUT2D eigenvalue weighted by Gasteiger charge is 2.15. The Balaban J connectivity index is 2.39. The van der Waals surface area contributed by atoms with Crippen molar-refractivity contribution in [3.8, 4) is 0 Å². The van der Waals surface area contributed by atoms with Crippen LogP contribution in [0.5, 0.6) is 0 Å². The van der Waals surface area contributed by atoms with Crippen molar-refractivity contribution < 1.29 is 0 Å². The van der Waals surface area contributed by atoms with Crippen LogP contribution in [0.4, 0.5) is 5.69 Å². The van der Waals surface area contributed by atoms with Gasteiger partial charge < -0.3 is 4.90 Å². The first-order chi connectivity index (χ1) is 5.42. The predicted octanol–water partition coefficient (Wildman–Crippen LogP) is 1.94. The molecule has 1 aliphatic heterocycles. The van der Waals surface area contributed by atoms with Crippen molar-refractivity contribution in [1.82, 2.24) is 0 Å². The van der Waals surface area contributed by atoms with Gasteiger partial charge in [0.1, 0.15) is 0 Å². The van der Waals surface area contributed by atoms with E-state index in [1.807, 2.05) is 0 Å². The fourth-order valence-corrected chi connectivity index (χ4v) is 1.85. The normalized spacial score (nSPS) is 15.2. The van der Waals surface area contributed by atoms with Gasteiger partial charge >= 0.3 is 0 Å². The van der Waals surface area contributed by atoms with Gasteiger partial charge in [0.05, 0.1) is 5.88 Å². The minimum absolute atomic E-state index is 0.830. The molecule has 0 aliphatic carbocycles. The van der Waals surface area contributed by atoms with Crippen molar-refractivity contribution in [2.24, 2.45) is 0 Å². The fraction of sp³-hybridized carbons (Fsp3) is 0.333. The van der Waals surface area contributed by atoms with E-state index in [0.717, 1.165) is 12.4 Å². The third kappa shape index (κ3) is 1.11. The predicted molar refractivity (Wildman–Crippen MR) is 51.3 cm³/mol. The first-order valence-electron chi connectivity index (χ1n) is 3.85. The van der Waals surface area contributed by atoms with Gasteiger partial charge in [-0.05, 0) is 18.1 Å². The average molecular weight is 165 g/mol. The van der Waals surface area contributed by atoms with Gasteiger partial charge in [-0.3, -0.25) is 0 Å². The molecule has 0 saturated carbocycles. The van der Waals surface area contributed by atoms with Crippen LogP contribution in [-0.4, -0.2) is 12.4 Å². The Hall–Kier alpha value is -0.630. The van der Waals surface area contributed by atoms with E-state index in [2.05, 4.69) is 41.8 Å². The second kappa shape index (κ2) is 2.78. The molecule has 11 heavy (non-hydrogen) atoms. The molecule has 1 nitrogen and oxygen atoms in total. The second-order valence-corrected chi connectivity index (χ2v) is 3.07. The molecule has 0 unspecified atom stereocenters. The first kappa shape index (κ1) is 7.04. The van der Waals surface area contributed by atoms with Crippen LogP contribution in [0.15, 0.2) is 24.3 Å². The first-order valence-corrected chi connectivity index (χ1v) is 4.49. The minimum Gasteiger partial charge on any atom is -0.362 e. The second-order valence-electron chi connectivity index (χ2n) is 2.78. The lowest BCUT2D eigenvalue weighted by atomic mass is 10.2. The molecule has 0 spiro atoms. The minimum atomic E-state index is 0.830. The largest absolute Gasteiger partial charge is 0.362 e. The van der Waals surface area contributed by atoms with Gasteiger partial charge in [0.15, 0.2) is 0 Å². The summed E-state index contributed by atoms with van der Waals surface area (Å²) in [5, 5.41) is 0. The summed E-state index contributed by atoms with van der Waals surface area (Å²) in [7, 11) is 0. The highest BCUT2D eigenvalue weighted by Crippen LogP contribution is 2.26. The standard InChI is InChI=1S/C9H11NS/c11-7-10-6-5-8-3-1-2-4-9(8)10/h1-4,11H,5-7H2. The van der Waals surface area contributed by atoms with Gasteiger partial charge in [-0.2, -0.15) is 12.6 Å². The van der Waals surface area contributed by atoms with E-state index in [0.29, 0.717) is 0 Å². The summed E-state index contributed by atoms with van der Waals surface area (Å²) in [6.45, 7) is 1.13. The number of nitrogens with zero attached hydrogens (tertiary/aromatic N) is 1. The molecule has 0 fully saturated rings. The Kier molecular flexibility index (Phi) is 1.78. The lowest BCUT2D eigenvalue weighted by Gasteiger charge is -2.14. The monoisotopic (exact) mass is 165 g/mol. The molecule has 0 amide bonds. The Labute approximate surface area is 72.4 Å². The Morgan fingerprint density at radius 1 is 1.36 bits per heavy atom. The molecule has 1 aromatic rings. The lowest BCUT2D eigenvalue weighted by molar-refractivity contribution is 0.940. The van der Waals surface area contributed by atoms with Crippen molar-refractivity contribution in [3.05, 3.63) is 29.8 Å². The van der Waals surface area contributed by atoms with Crippen LogP contribution < -0.4 is 4.90 Å². The van der Waals surface area contributed by atoms with Crippen molar-refractivity contribution in [2.75, 3.05) is 17.3 Å². The topological polar surface area (TPSA) is 3.24 Å². The van der Waals surface area contributed by atoms with Crippen molar-refractivity contribution in [2.45, 2.75) is 6.42 Å². The number of anilines is 1. The third-order valence-corrected chi connectivity index (χ3v) is 2.50. The number of thiol groups is 1. The van der Waals surface area contributed by atoms with Crippen LogP contribution in [0, 0.1) is 0 Å². The van der Waals surface area contributed by atoms with Crippen LogP contribution in [-0.2, 0) is 6.42 Å². The molecule has 58 valence electrons. The quantitative estimate of drug-likeness (QED) is 0.622. The molecule has 1 aliphatic rings. The smallest absolute Gasteiger partial charge is 0.0610 e. The molecular formula is C9H11NS. The molecule has 0 N–H and O–H groups in total. The zero-order chi connectivity index (χ0) is 7.68. The molecule has 0 atom stereocenters. The average Bonchev–Trinajstić information content (AvgIpc) is 2.47. The number of hydrogen-bond donors (Lipinski definition) is 1. The van der Waals surface area contributed by atoms with Gasteiger partial charge in [0.2, 0.25) is 0 Å². The van der Waals surface area contributed by atoms with Gasteiger partial charge in [0.25, 0.3) is 0 Å². The van der Waals surface area contributed by atoms with Gasteiger partial charge in [-0.25, -0.2) is 0 Å². The summed E-state index contributed by atoms with van der Waals surface area (Å²) in [6.07, 6.45) is 1.18. The van der Waals surface area contributed by atoms with E-state index in [-0.39, 0.29) is 0 Å². The molecule has 2 rings (SSSR count). The summed E-state index contributed by atoms with van der Waals surface area (Å²) in [5.74, 6) is 0.830. The SMILES string of the molecule is SCN1CCc2ccccc21. The van der Waals surface area contributed by atoms with Crippen LogP contribution in [0.25, 0.3) is 0 Å². The summed E-state index contributed by atoms with van der Waals surface area (Å²) in [4.78, 5) is 2.29. The summed E-state index contributed by atoms with van der Waals surface area (Å²) in [5.41, 5.74) is 2.82. The Morgan fingerprint density at radius 2 is 2.18 bits per heavy atom. The highest BCUT2D eigenvalue weighted by atomic mass is 32.1. The summed E-state index contributed by atoms with van der Waals surface area (Å²) in [6, 6.07) is 8.54. The number of benzene rings is 1. The maximum atomic E-state index is 4.27. The van der Waals surface area contributed by atoms with E-state index in [4.69, 9.17) is 0 Å². The van der Waals surface area contributed by atoms with Crippen molar-refractivity contribution in [1.29, 1.82) is 0 Å². The Bertz CT molecular complexity index is 259. The number of rotatable bonds is 1. The number of fused-ring (bicyclic) bond motifs is 1. The Morgan fingerprint density at radius 3 is 3.00 bits per heavy atom. The maximum absolute atomic E-state index is 4.27. The van der Waals surface area contributed by atoms with Crippen LogP contribution in [0.3, 0.4) is 0 Å². The molecule has 0 saturated heterocycles. The van der Waals surface area contributed by atoms with E-state index in [9.17, 15) is 0 Å². The van der Waals surface area contributed by atoms with Gasteiger partial charge in [0, 0.05) is 12.2 Å². The molecule has 0 aromatic heterocycles. The van der Waals surface area contributed by atoms with E-state index in [1.54, 1.807) is 0 Å². The summed E-state index contributed by atoms with van der Waals surface area (Å²) >= 11 is 4.27. The van der Waals surface area contributed by atoms with Gasteiger partial charge in [-0.1, -0.05) is 18.2 Å². The zero-order valence-electron chi connectivity index (χ0n) is 6.33. The molecule has 0 radical (unpaired) electrons. The van der Waals surface area contributed by atoms with Crippen molar-refractivity contribution >= 4 is 18.3 Å². The molecule has 0 bridgehead atoms. The van der Waals surface area contributed by atoms with Crippen LogP contribution in [0.2, 0.25) is 0 Å². The zero-order valence-corrected chi connectivity index (χ0v) is 7.22. The fourth-order valence-electron chi connectivity index (χ4n) is 1.55. The van der Waals surface area contributed by atoms with E-state index in [1.165, 1.54) is 17.7 Å². The van der Waals surface area contributed by atoms with E-state index < -0.39 is 0 Å².